The molecule has 11 nitrogen and oxygen atoms in total. The minimum absolute atomic E-state index is 0. The van der Waals surface area contributed by atoms with E-state index in [4.69, 9.17) is 23.2 Å². The van der Waals surface area contributed by atoms with Crippen LogP contribution in [0.4, 0.5) is 5.69 Å². The first-order chi connectivity index (χ1) is 23.6. The van der Waals surface area contributed by atoms with Crippen molar-refractivity contribution in [1.82, 2.24) is 15.0 Å². The molecule has 0 atom stereocenters. The second kappa shape index (κ2) is 19.0. The van der Waals surface area contributed by atoms with Crippen molar-refractivity contribution in [1.29, 1.82) is 0 Å². The molecule has 0 saturated heterocycles. The van der Waals surface area contributed by atoms with Gasteiger partial charge >= 0.3 is 11.9 Å². The van der Waals surface area contributed by atoms with Gasteiger partial charge in [-0.25, -0.2) is 14.6 Å². The zero-order valence-corrected chi connectivity index (χ0v) is 29.4. The Morgan fingerprint density at radius 2 is 1.47 bits per heavy atom. The summed E-state index contributed by atoms with van der Waals surface area (Å²) in [5, 5.41) is 13.7. The van der Waals surface area contributed by atoms with Gasteiger partial charge in [0.05, 0.1) is 34.6 Å². The number of hydrogen-bond acceptors (Lipinski definition) is 9. The molecule has 3 aromatic heterocycles. The number of amides is 1. The predicted molar refractivity (Wildman–Crippen MR) is 198 cm³/mol. The molecular weight excluding hydrogens is 695 g/mol. The van der Waals surface area contributed by atoms with Crippen LogP contribution in [0.5, 0.6) is 0 Å². The maximum atomic E-state index is 11.9. The smallest absolute Gasteiger partial charge is 0.379 e. The number of carbonyl (C=O) groups is 5. The lowest BCUT2D eigenvalue weighted by molar-refractivity contribution is -0.137. The largest absolute Gasteiger partial charge is 0.478 e. The summed E-state index contributed by atoms with van der Waals surface area (Å²) in [5.74, 6) is -3.02. The summed E-state index contributed by atoms with van der Waals surface area (Å²) < 4.78 is 4.66. The molecule has 0 aliphatic carbocycles. The Kier molecular flexibility index (Phi) is 15.5. The number of ketones is 2. The van der Waals surface area contributed by atoms with Crippen molar-refractivity contribution in [3.8, 4) is 11.3 Å². The van der Waals surface area contributed by atoms with E-state index in [0.29, 0.717) is 32.2 Å². The number of benzene rings is 2. The summed E-state index contributed by atoms with van der Waals surface area (Å²) in [6.45, 7) is 8.47. The third-order valence-electron chi connectivity index (χ3n) is 6.65. The molecule has 1 amide bonds. The second-order valence-corrected chi connectivity index (χ2v) is 12.4. The van der Waals surface area contributed by atoms with Crippen LogP contribution < -0.4 is 5.32 Å². The molecule has 0 radical (unpaired) electrons. The highest BCUT2D eigenvalue weighted by Crippen LogP contribution is 2.26. The third kappa shape index (κ3) is 12.1. The molecule has 51 heavy (non-hydrogen) atoms. The number of rotatable bonds is 7. The zero-order chi connectivity index (χ0) is 37.0. The van der Waals surface area contributed by atoms with Crippen molar-refractivity contribution in [3.63, 3.8) is 0 Å². The number of anilines is 1. The van der Waals surface area contributed by atoms with E-state index in [0.717, 1.165) is 5.56 Å². The molecule has 0 unspecified atom stereocenters. The summed E-state index contributed by atoms with van der Waals surface area (Å²) in [6.07, 6.45) is 5.76. The maximum Gasteiger partial charge on any atom is 0.379 e. The number of hydrogen-bond donors (Lipinski definition) is 2. The molecule has 0 bridgehead atoms. The van der Waals surface area contributed by atoms with Gasteiger partial charge in [0.25, 0.3) is 5.78 Å². The van der Waals surface area contributed by atoms with Gasteiger partial charge < -0.3 is 15.2 Å². The SMILES string of the molecule is C.CC(=O)c1cccc(Cl)c1.CCOC(=O)C(=O)c1cnccc1NC(=O)C(C)(C)C.O=C(O)c1cc(-c2cccc(Cl)c2)nc2ccncc12. The topological polar surface area (TPSA) is 166 Å². The average Bonchev–Trinajstić information content (AvgIpc) is 3.08. The van der Waals surface area contributed by atoms with Crippen LogP contribution in [0.1, 0.15) is 73.1 Å². The minimum Gasteiger partial charge on any atom is -0.478 e. The fraction of sp³-hybridized carbons (Fsp3) is 0.211. The quantitative estimate of drug-likeness (QED) is 0.0939. The van der Waals surface area contributed by atoms with Crippen molar-refractivity contribution in [2.75, 3.05) is 11.9 Å². The lowest BCUT2D eigenvalue weighted by Gasteiger charge is -2.18. The van der Waals surface area contributed by atoms with E-state index < -0.39 is 23.1 Å². The molecule has 3 heterocycles. The number of fused-ring (bicyclic) bond motifs is 1. The minimum atomic E-state index is -1.01. The van der Waals surface area contributed by atoms with Crippen LogP contribution in [0.2, 0.25) is 10.0 Å². The van der Waals surface area contributed by atoms with E-state index in [-0.39, 0.29) is 42.5 Å². The summed E-state index contributed by atoms with van der Waals surface area (Å²) in [6, 6.07) is 18.8. The number of carboxylic acids is 1. The standard InChI is InChI=1S/C15H9ClN2O2.C14H18N2O4.C8H7ClO.CH4/c16-10-3-1-2-9(6-10)14-7-11(15(19)20)12-8-17-5-4-13(12)18-14;1-5-20-12(18)11(17)9-8-15-7-6-10(9)16-13(19)14(2,3)4;1-6(10)7-3-2-4-8(9)5-7;/h1-8H,(H,19,20);6-8H,5H2,1-4H3,(H,15,16,19);2-5H,1H3;1H4. The Morgan fingerprint density at radius 1 is 0.843 bits per heavy atom. The first-order valence-corrected chi connectivity index (χ1v) is 15.8. The molecule has 0 aliphatic heterocycles. The van der Waals surface area contributed by atoms with Gasteiger partial charge in [-0.05, 0) is 56.3 Å². The predicted octanol–water partition coefficient (Wildman–Crippen LogP) is 8.64. The third-order valence-corrected chi connectivity index (χ3v) is 7.12. The van der Waals surface area contributed by atoms with Gasteiger partial charge in [0.15, 0.2) is 5.78 Å². The molecule has 0 fully saturated rings. The molecule has 5 aromatic rings. The van der Waals surface area contributed by atoms with Crippen LogP contribution in [-0.4, -0.2) is 56.1 Å². The lowest BCUT2D eigenvalue weighted by Crippen LogP contribution is -2.29. The van der Waals surface area contributed by atoms with Gasteiger partial charge in [-0.15, -0.1) is 0 Å². The number of halogens is 2. The highest BCUT2D eigenvalue weighted by molar-refractivity contribution is 6.42. The Balaban J connectivity index is 0.000000277. The van der Waals surface area contributed by atoms with E-state index in [9.17, 15) is 29.1 Å². The number of aromatic nitrogens is 3. The van der Waals surface area contributed by atoms with Crippen LogP contribution in [-0.2, 0) is 14.3 Å². The number of carboxylic acid groups (broad SMARTS) is 1. The number of ether oxygens (including phenoxy) is 1. The van der Waals surface area contributed by atoms with E-state index in [2.05, 4.69) is 25.0 Å². The molecule has 13 heteroatoms. The van der Waals surface area contributed by atoms with Crippen molar-refractivity contribution in [2.24, 2.45) is 5.41 Å². The molecule has 266 valence electrons. The summed E-state index contributed by atoms with van der Waals surface area (Å²) >= 11 is 11.6. The molecule has 2 aromatic carbocycles. The Morgan fingerprint density at radius 3 is 2.04 bits per heavy atom. The van der Waals surface area contributed by atoms with Gasteiger partial charge in [0.2, 0.25) is 5.91 Å². The van der Waals surface area contributed by atoms with E-state index in [1.807, 2.05) is 6.07 Å². The number of nitrogens with zero attached hydrogens (tertiary/aromatic N) is 3. The van der Waals surface area contributed by atoms with E-state index in [1.54, 1.807) is 82.4 Å². The van der Waals surface area contributed by atoms with Gasteiger partial charge in [-0.3, -0.25) is 24.4 Å². The fourth-order valence-electron chi connectivity index (χ4n) is 4.05. The van der Waals surface area contributed by atoms with Crippen LogP contribution >= 0.6 is 23.2 Å². The Bertz CT molecular complexity index is 2050. The van der Waals surface area contributed by atoms with E-state index in [1.165, 1.54) is 37.6 Å². The van der Waals surface area contributed by atoms with Gasteiger partial charge in [0, 0.05) is 56.8 Å². The second-order valence-electron chi connectivity index (χ2n) is 11.5. The number of Topliss-reactive ketones (excluding diaryl/α,β-unsaturated/α-hetero) is 2. The number of pyridine rings is 3. The van der Waals surface area contributed by atoms with Crippen molar-refractivity contribution in [3.05, 3.63) is 118 Å². The molecular formula is C38H38Cl2N4O7. The summed E-state index contributed by atoms with van der Waals surface area (Å²) in [5.41, 5.74) is 2.43. The normalized spacial score (nSPS) is 10.3. The number of nitrogens with one attached hydrogen (secondary N) is 1. The maximum absolute atomic E-state index is 11.9. The zero-order valence-electron chi connectivity index (χ0n) is 27.9. The highest BCUT2D eigenvalue weighted by atomic mass is 35.5. The molecule has 5 rings (SSSR count). The number of esters is 1. The number of carbonyl (C=O) groups excluding carboxylic acids is 4. The monoisotopic (exact) mass is 732 g/mol. The first-order valence-electron chi connectivity index (χ1n) is 15.1. The summed E-state index contributed by atoms with van der Waals surface area (Å²) in [4.78, 5) is 69.7. The molecule has 0 saturated carbocycles. The number of aromatic carboxylic acids is 1. The highest BCUT2D eigenvalue weighted by Gasteiger charge is 2.26. The fourth-order valence-corrected chi connectivity index (χ4v) is 4.43. The van der Waals surface area contributed by atoms with Crippen LogP contribution in [0.15, 0.2) is 91.5 Å². The summed E-state index contributed by atoms with van der Waals surface area (Å²) in [7, 11) is 0. The van der Waals surface area contributed by atoms with Crippen molar-refractivity contribution < 1.29 is 33.8 Å². The van der Waals surface area contributed by atoms with Gasteiger partial charge in [-0.1, -0.05) is 75.7 Å². The van der Waals surface area contributed by atoms with Crippen molar-refractivity contribution in [2.45, 2.75) is 42.0 Å². The first kappa shape index (κ1) is 41.7. The van der Waals surface area contributed by atoms with Gasteiger partial charge in [-0.2, -0.15) is 0 Å². The average molecular weight is 734 g/mol. The van der Waals surface area contributed by atoms with Crippen LogP contribution in [0.25, 0.3) is 22.2 Å². The van der Waals surface area contributed by atoms with Crippen molar-refractivity contribution >= 4 is 69.2 Å². The van der Waals surface area contributed by atoms with Gasteiger partial charge in [0.1, 0.15) is 0 Å². The Hall–Kier alpha value is -5.52. The molecule has 0 spiro atoms. The molecule has 2 N–H and O–H groups in total. The lowest BCUT2D eigenvalue weighted by atomic mass is 9.95. The van der Waals surface area contributed by atoms with Crippen LogP contribution in [0, 0.1) is 5.41 Å². The van der Waals surface area contributed by atoms with E-state index >= 15 is 0 Å². The van der Waals surface area contributed by atoms with Crippen LogP contribution in [0.3, 0.4) is 0 Å². The Labute approximate surface area is 306 Å². The molecule has 0 aliphatic rings.